The van der Waals surface area contributed by atoms with Gasteiger partial charge >= 0.3 is 0 Å². The van der Waals surface area contributed by atoms with E-state index in [1.54, 1.807) is 12.1 Å². The van der Waals surface area contributed by atoms with Crippen LogP contribution in [0.5, 0.6) is 23.0 Å². The lowest BCUT2D eigenvalue weighted by atomic mass is 9.96. The number of hydrogen-bond donors (Lipinski definition) is 4. The molecule has 0 spiro atoms. The van der Waals surface area contributed by atoms with Gasteiger partial charge in [-0.3, -0.25) is 0 Å². The molecule has 0 aliphatic heterocycles. The van der Waals surface area contributed by atoms with E-state index in [-0.39, 0.29) is 22.8 Å². The number of phenolic OH excluding ortho intramolecular Hbond substituents is 4. The van der Waals surface area contributed by atoms with Crippen molar-refractivity contribution in [2.45, 2.75) is 19.8 Å². The lowest BCUT2D eigenvalue weighted by Crippen LogP contribution is -1.95. The minimum absolute atomic E-state index is 0.0317. The van der Waals surface area contributed by atoms with Gasteiger partial charge in [-0.2, -0.15) is 0 Å². The van der Waals surface area contributed by atoms with Gasteiger partial charge in [0.1, 0.15) is 0 Å². The van der Waals surface area contributed by atoms with Crippen LogP contribution in [0.25, 0.3) is 10.8 Å². The highest BCUT2D eigenvalue weighted by atomic mass is 31.0. The molecule has 0 heterocycles. The highest BCUT2D eigenvalue weighted by molar-refractivity contribution is 7.27. The molecule has 0 amide bonds. The molecule has 0 saturated carbocycles. The Morgan fingerprint density at radius 3 is 2.00 bits per heavy atom. The van der Waals surface area contributed by atoms with E-state index in [2.05, 4.69) is 9.24 Å². The van der Waals surface area contributed by atoms with Crippen LogP contribution in [0.4, 0.5) is 0 Å². The van der Waals surface area contributed by atoms with Crippen LogP contribution in [0.15, 0.2) is 12.1 Å². The third kappa shape index (κ3) is 1.73. The molecule has 0 saturated heterocycles. The van der Waals surface area contributed by atoms with Crippen LogP contribution >= 0.6 is 9.24 Å². The molecular weight excluding hydrogens is 251 g/mol. The van der Waals surface area contributed by atoms with Gasteiger partial charge in [0.2, 0.25) is 0 Å². The summed E-state index contributed by atoms with van der Waals surface area (Å²) < 4.78 is 0. The first-order valence-corrected chi connectivity index (χ1v) is 6.11. The highest BCUT2D eigenvalue weighted by Crippen LogP contribution is 2.46. The molecule has 1 atom stereocenters. The van der Waals surface area contributed by atoms with Crippen LogP contribution in [0.2, 0.25) is 0 Å². The monoisotopic (exact) mass is 266 g/mol. The third-order valence-corrected chi connectivity index (χ3v) is 3.44. The lowest BCUT2D eigenvalue weighted by Gasteiger charge is -2.14. The summed E-state index contributed by atoms with van der Waals surface area (Å²) in [6, 6.07) is 3.32. The fourth-order valence-corrected chi connectivity index (χ4v) is 2.31. The molecule has 0 bridgehead atoms. The van der Waals surface area contributed by atoms with Gasteiger partial charge < -0.3 is 20.4 Å². The van der Waals surface area contributed by atoms with Gasteiger partial charge in [0.05, 0.1) is 5.39 Å². The normalized spacial score (nSPS) is 11.3. The van der Waals surface area contributed by atoms with Gasteiger partial charge in [-0.25, -0.2) is 0 Å². The summed E-state index contributed by atoms with van der Waals surface area (Å²) in [6.07, 6.45) is 0. The molecule has 2 rings (SSSR count). The van der Waals surface area contributed by atoms with Crippen LogP contribution < -0.4 is 5.30 Å². The van der Waals surface area contributed by atoms with Gasteiger partial charge in [0, 0.05) is 10.9 Å². The number of rotatable bonds is 1. The van der Waals surface area contributed by atoms with E-state index in [0.717, 1.165) is 0 Å². The summed E-state index contributed by atoms with van der Waals surface area (Å²) in [5, 5.41) is 40.4. The molecule has 0 aliphatic rings. The molecule has 0 aromatic heterocycles. The second-order valence-electron chi connectivity index (χ2n) is 4.58. The number of hydrogen-bond acceptors (Lipinski definition) is 4. The topological polar surface area (TPSA) is 80.9 Å². The Kier molecular flexibility index (Phi) is 2.99. The molecule has 5 heteroatoms. The van der Waals surface area contributed by atoms with Gasteiger partial charge in [-0.05, 0) is 23.4 Å². The number of benzene rings is 2. The summed E-state index contributed by atoms with van der Waals surface area (Å²) in [5.74, 6) is -1.39. The maximum atomic E-state index is 9.96. The SMILES string of the molecule is CC(C)c1cc2cc(P)c(O)c(O)c2c(O)c1O. The average molecular weight is 266 g/mol. The largest absolute Gasteiger partial charge is 0.504 e. The second-order valence-corrected chi connectivity index (χ2v) is 5.20. The Balaban J connectivity index is 2.96. The van der Waals surface area contributed by atoms with Crippen LogP contribution in [0.3, 0.4) is 0 Å². The zero-order valence-electron chi connectivity index (χ0n) is 10.1. The van der Waals surface area contributed by atoms with E-state index < -0.39 is 11.5 Å². The van der Waals surface area contributed by atoms with Crippen molar-refractivity contribution in [2.75, 3.05) is 0 Å². The molecule has 18 heavy (non-hydrogen) atoms. The van der Waals surface area contributed by atoms with Crippen molar-refractivity contribution in [1.29, 1.82) is 0 Å². The molecule has 1 unspecified atom stereocenters. The van der Waals surface area contributed by atoms with Crippen molar-refractivity contribution in [3.05, 3.63) is 17.7 Å². The molecule has 0 radical (unpaired) electrons. The van der Waals surface area contributed by atoms with Gasteiger partial charge in [0.25, 0.3) is 0 Å². The van der Waals surface area contributed by atoms with Crippen molar-refractivity contribution < 1.29 is 20.4 Å². The quantitative estimate of drug-likeness (QED) is 0.471. The summed E-state index contributed by atoms with van der Waals surface area (Å²) in [4.78, 5) is 0. The minimum atomic E-state index is -0.430. The molecule has 4 N–H and O–H groups in total. The zero-order chi connectivity index (χ0) is 13.6. The Hall–Kier alpha value is -1.67. The first kappa shape index (κ1) is 12.8. The Morgan fingerprint density at radius 1 is 0.889 bits per heavy atom. The van der Waals surface area contributed by atoms with E-state index in [9.17, 15) is 20.4 Å². The lowest BCUT2D eigenvalue weighted by molar-refractivity contribution is 0.393. The van der Waals surface area contributed by atoms with Crippen molar-refractivity contribution in [3.63, 3.8) is 0 Å². The van der Waals surface area contributed by atoms with Crippen LogP contribution in [0, 0.1) is 0 Å². The fourth-order valence-electron chi connectivity index (χ4n) is 1.99. The van der Waals surface area contributed by atoms with Crippen molar-refractivity contribution in [2.24, 2.45) is 0 Å². The molecule has 0 fully saturated rings. The van der Waals surface area contributed by atoms with Crippen LogP contribution in [-0.4, -0.2) is 20.4 Å². The fraction of sp³-hybridized carbons (Fsp3) is 0.231. The first-order chi connectivity index (χ1) is 8.34. The number of fused-ring (bicyclic) bond motifs is 1. The maximum absolute atomic E-state index is 9.96. The highest BCUT2D eigenvalue weighted by Gasteiger charge is 2.19. The number of phenols is 4. The van der Waals surface area contributed by atoms with Crippen LogP contribution in [-0.2, 0) is 0 Å². The molecular formula is C13H15O4P. The summed E-state index contributed by atoms with van der Waals surface area (Å²) >= 11 is 0. The van der Waals surface area contributed by atoms with E-state index in [0.29, 0.717) is 16.3 Å². The maximum Gasteiger partial charge on any atom is 0.170 e. The second kappa shape index (κ2) is 4.21. The molecule has 0 aliphatic carbocycles. The summed E-state index contributed by atoms with van der Waals surface area (Å²) in [5.41, 5.74) is 0.592. The summed E-state index contributed by atoms with van der Waals surface area (Å²) in [7, 11) is 2.31. The third-order valence-electron chi connectivity index (χ3n) is 3.00. The van der Waals surface area contributed by atoms with Crippen LogP contribution in [0.1, 0.15) is 25.3 Å². The Bertz CT molecular complexity index is 635. The zero-order valence-corrected chi connectivity index (χ0v) is 11.3. The molecule has 4 nitrogen and oxygen atoms in total. The smallest absolute Gasteiger partial charge is 0.170 e. The Morgan fingerprint density at radius 2 is 1.44 bits per heavy atom. The standard InChI is InChI=1S/C13H15O4P/c1-5(2)7-3-6-4-8(18)11(15)13(17)9(6)12(16)10(7)14/h3-5,14-17H,18H2,1-2H3. The molecule has 96 valence electrons. The van der Waals surface area contributed by atoms with E-state index in [1.807, 2.05) is 13.8 Å². The van der Waals surface area contributed by atoms with E-state index in [1.165, 1.54) is 0 Å². The van der Waals surface area contributed by atoms with Crippen molar-refractivity contribution in [1.82, 2.24) is 0 Å². The Labute approximate surface area is 107 Å². The van der Waals surface area contributed by atoms with Gasteiger partial charge in [0.15, 0.2) is 23.0 Å². The van der Waals surface area contributed by atoms with Gasteiger partial charge in [-0.15, -0.1) is 9.24 Å². The first-order valence-electron chi connectivity index (χ1n) is 5.53. The van der Waals surface area contributed by atoms with Crippen molar-refractivity contribution >= 4 is 25.3 Å². The summed E-state index contributed by atoms with van der Waals surface area (Å²) in [6.45, 7) is 3.78. The van der Waals surface area contributed by atoms with Gasteiger partial charge in [-0.1, -0.05) is 13.8 Å². The molecule has 2 aromatic carbocycles. The minimum Gasteiger partial charge on any atom is -0.504 e. The predicted octanol–water partition coefficient (Wildman–Crippen LogP) is 2.29. The predicted molar refractivity (Wildman–Crippen MR) is 74.0 cm³/mol. The average Bonchev–Trinajstić information content (AvgIpc) is 2.30. The van der Waals surface area contributed by atoms with E-state index >= 15 is 0 Å². The number of aromatic hydroxyl groups is 4. The molecule has 2 aromatic rings. The van der Waals surface area contributed by atoms with Crippen molar-refractivity contribution in [3.8, 4) is 23.0 Å². The van der Waals surface area contributed by atoms with E-state index in [4.69, 9.17) is 0 Å².